The van der Waals surface area contributed by atoms with Crippen LogP contribution >= 0.6 is 0 Å². The molecule has 0 spiro atoms. The van der Waals surface area contributed by atoms with Gasteiger partial charge in [0.25, 0.3) is 5.56 Å². The summed E-state index contributed by atoms with van der Waals surface area (Å²) in [6.45, 7) is 37.9. The summed E-state index contributed by atoms with van der Waals surface area (Å²) in [5.41, 5.74) is 10.2. The zero-order chi connectivity index (χ0) is 42.0. The van der Waals surface area contributed by atoms with Gasteiger partial charge in [-0.2, -0.15) is 0 Å². The van der Waals surface area contributed by atoms with Gasteiger partial charge in [0.1, 0.15) is 5.82 Å². The largest absolute Gasteiger partial charge is 0.345 e. The van der Waals surface area contributed by atoms with E-state index in [1.165, 1.54) is 22.3 Å². The molecular weight excluding hydrogens is 891 g/mol. The second kappa shape index (κ2) is 14.0. The van der Waals surface area contributed by atoms with Crippen LogP contribution in [0.25, 0.3) is 50.6 Å². The normalized spacial score (nSPS) is 15.5. The molecule has 58 heavy (non-hydrogen) atoms. The van der Waals surface area contributed by atoms with E-state index >= 15 is 0 Å². The van der Waals surface area contributed by atoms with Gasteiger partial charge in [-0.25, -0.2) is 19.9 Å². The van der Waals surface area contributed by atoms with Crippen LogP contribution in [-0.2, 0) is 52.6 Å². The Morgan fingerprint density at radius 3 is 1.48 bits per heavy atom. The molecule has 0 N–H and O–H groups in total. The van der Waals surface area contributed by atoms with Crippen molar-refractivity contribution in [3.05, 3.63) is 110 Å². The molecule has 0 bridgehead atoms. The van der Waals surface area contributed by atoms with Crippen molar-refractivity contribution in [2.45, 2.75) is 157 Å². The van der Waals surface area contributed by atoms with Gasteiger partial charge in [-0.15, -0.1) is 17.7 Å². The predicted molar refractivity (Wildman–Crippen MR) is 238 cm³/mol. The quantitative estimate of drug-likeness (QED) is 0.131. The van der Waals surface area contributed by atoms with Crippen LogP contribution in [0.4, 0.5) is 0 Å². The molecule has 7 heteroatoms. The van der Waals surface area contributed by atoms with Gasteiger partial charge in [0, 0.05) is 47.9 Å². The Bertz CT molecular complexity index is 2520. The van der Waals surface area contributed by atoms with Gasteiger partial charge in [-0.1, -0.05) is 152 Å². The Labute approximate surface area is 360 Å². The molecule has 1 radical (unpaired) electrons. The number of benzene rings is 3. The molecule has 3 aromatic heterocycles. The first-order valence-corrected chi connectivity index (χ1v) is 20.6. The SMILES string of the molecule is Cc1c[c-]c2c(ccn3c4c(c(=O)nc23)C(C)(C)CC4(C)C)c1-c1nc(-c2cc(C(C)(C)C)cc(C(C)(C)C)c2)nc(-c2cc(C(C)(C)C)cc(C(C)(C)C)c2)n1.[Ir]. The number of hydrogen-bond donors (Lipinski definition) is 0. The molecule has 0 aliphatic heterocycles. The Balaban J connectivity index is 0.00000567. The van der Waals surface area contributed by atoms with E-state index in [0.717, 1.165) is 50.7 Å². The average molecular weight is 953 g/mol. The van der Waals surface area contributed by atoms with Gasteiger partial charge in [0.15, 0.2) is 11.6 Å². The molecular formula is C51H62IrN5O-. The maximum atomic E-state index is 13.9. The third kappa shape index (κ3) is 7.74. The molecule has 3 aromatic carbocycles. The van der Waals surface area contributed by atoms with E-state index in [2.05, 4.69) is 177 Å². The topological polar surface area (TPSA) is 73.0 Å². The minimum absolute atomic E-state index is 0. The van der Waals surface area contributed by atoms with Crippen molar-refractivity contribution in [2.75, 3.05) is 0 Å². The Morgan fingerprint density at radius 1 is 0.621 bits per heavy atom. The molecule has 6 aromatic rings. The van der Waals surface area contributed by atoms with Crippen LogP contribution in [0.15, 0.2) is 59.5 Å². The van der Waals surface area contributed by atoms with E-state index in [0.29, 0.717) is 23.1 Å². The van der Waals surface area contributed by atoms with Crippen molar-refractivity contribution in [1.82, 2.24) is 24.3 Å². The fourth-order valence-electron chi connectivity index (χ4n) is 8.86. The minimum Gasteiger partial charge on any atom is -0.345 e. The zero-order valence-electron chi connectivity index (χ0n) is 37.9. The Hall–Kier alpha value is -4.06. The number of aromatic nitrogens is 5. The molecule has 0 fully saturated rings. The van der Waals surface area contributed by atoms with Gasteiger partial charge >= 0.3 is 0 Å². The van der Waals surface area contributed by atoms with Crippen LogP contribution in [0.1, 0.15) is 156 Å². The van der Waals surface area contributed by atoms with E-state index in [1.54, 1.807) is 0 Å². The number of pyridine rings is 1. The van der Waals surface area contributed by atoms with Crippen molar-refractivity contribution in [3.8, 4) is 34.2 Å². The summed E-state index contributed by atoms with van der Waals surface area (Å²) >= 11 is 0. The Morgan fingerprint density at radius 2 is 1.05 bits per heavy atom. The first-order valence-electron chi connectivity index (χ1n) is 20.6. The molecule has 0 amide bonds. The summed E-state index contributed by atoms with van der Waals surface area (Å²) in [5.74, 6) is 1.84. The van der Waals surface area contributed by atoms with Crippen molar-refractivity contribution in [1.29, 1.82) is 0 Å². The van der Waals surface area contributed by atoms with E-state index in [1.807, 2.05) is 6.07 Å². The summed E-state index contributed by atoms with van der Waals surface area (Å²) in [6, 6.07) is 21.3. The summed E-state index contributed by atoms with van der Waals surface area (Å²) in [4.78, 5) is 34.8. The monoisotopic (exact) mass is 953 g/mol. The molecule has 1 aliphatic carbocycles. The number of fused-ring (bicyclic) bond motifs is 5. The molecule has 0 saturated heterocycles. The maximum Gasteiger partial charge on any atom is 0.267 e. The third-order valence-electron chi connectivity index (χ3n) is 12.0. The second-order valence-corrected chi connectivity index (χ2v) is 22.1. The van der Waals surface area contributed by atoms with E-state index in [9.17, 15) is 4.79 Å². The number of nitrogens with zero attached hydrogens (tertiary/aromatic N) is 5. The molecule has 0 atom stereocenters. The molecule has 1 aliphatic rings. The van der Waals surface area contributed by atoms with Crippen LogP contribution in [0.2, 0.25) is 0 Å². The number of aryl methyl sites for hydroxylation is 1. The molecule has 0 saturated carbocycles. The standard InChI is InChI=1S/C51H62N5O.Ir/c1-29-18-19-37-36(20-21-56-40-39(45(57)55-44(37)56)50(14,15)28-51(40,16)17)38(29)43-53-41(30-22-32(46(2,3)4)26-33(23-30)47(5,6)7)52-42(54-43)31-24-34(48(8,9)10)27-35(25-31)49(11,12)13;/h18,20-27H,28H2,1-17H3;/q-1;. The zero-order valence-corrected chi connectivity index (χ0v) is 40.3. The van der Waals surface area contributed by atoms with E-state index in [4.69, 9.17) is 19.9 Å². The van der Waals surface area contributed by atoms with Crippen molar-refractivity contribution < 1.29 is 20.1 Å². The van der Waals surface area contributed by atoms with Crippen LogP contribution in [-0.4, -0.2) is 24.3 Å². The van der Waals surface area contributed by atoms with Gasteiger partial charge in [0.2, 0.25) is 0 Å². The molecule has 3 heterocycles. The van der Waals surface area contributed by atoms with E-state index in [-0.39, 0.29) is 58.2 Å². The molecule has 7 rings (SSSR count). The van der Waals surface area contributed by atoms with Crippen LogP contribution in [0.3, 0.4) is 0 Å². The van der Waals surface area contributed by atoms with E-state index < -0.39 is 0 Å². The molecule has 307 valence electrons. The predicted octanol–water partition coefficient (Wildman–Crippen LogP) is 12.3. The molecule has 0 unspecified atom stereocenters. The van der Waals surface area contributed by atoms with Crippen LogP contribution in [0.5, 0.6) is 0 Å². The number of rotatable bonds is 3. The minimum atomic E-state index is -0.271. The van der Waals surface area contributed by atoms with Gasteiger partial charge < -0.3 is 4.40 Å². The van der Waals surface area contributed by atoms with Gasteiger partial charge in [-0.3, -0.25) is 4.79 Å². The van der Waals surface area contributed by atoms with Crippen LogP contribution < -0.4 is 5.56 Å². The second-order valence-electron chi connectivity index (χ2n) is 22.1. The molecule has 6 nitrogen and oxygen atoms in total. The first kappa shape index (κ1) is 43.5. The van der Waals surface area contributed by atoms with Crippen molar-refractivity contribution in [3.63, 3.8) is 0 Å². The van der Waals surface area contributed by atoms with Gasteiger partial charge in [0.05, 0.1) is 5.65 Å². The first-order chi connectivity index (χ1) is 26.1. The Kier molecular flexibility index (Phi) is 10.5. The average Bonchev–Trinajstić information content (AvgIpc) is 3.29. The van der Waals surface area contributed by atoms with Crippen LogP contribution in [0, 0.1) is 13.0 Å². The fraction of sp³-hybridized carbons (Fsp3) is 0.471. The maximum absolute atomic E-state index is 13.9. The summed E-state index contributed by atoms with van der Waals surface area (Å²) in [6.07, 6.45) is 2.95. The summed E-state index contributed by atoms with van der Waals surface area (Å²) < 4.78 is 2.13. The van der Waals surface area contributed by atoms with Gasteiger partial charge in [-0.05, 0) is 86.2 Å². The summed E-state index contributed by atoms with van der Waals surface area (Å²) in [7, 11) is 0. The smallest absolute Gasteiger partial charge is 0.267 e. The third-order valence-corrected chi connectivity index (χ3v) is 12.0. The number of hydrogen-bond acceptors (Lipinski definition) is 5. The van der Waals surface area contributed by atoms with Crippen molar-refractivity contribution in [2.24, 2.45) is 0 Å². The van der Waals surface area contributed by atoms with Crippen molar-refractivity contribution >= 4 is 16.4 Å². The fourth-order valence-corrected chi connectivity index (χ4v) is 8.86. The summed E-state index contributed by atoms with van der Waals surface area (Å²) in [5, 5.41) is 1.68.